The Balaban J connectivity index is 1.95. The lowest BCUT2D eigenvalue weighted by Crippen LogP contribution is -2.43. The minimum absolute atomic E-state index is 0.00803. The van der Waals surface area contributed by atoms with Crippen LogP contribution in [0.2, 0.25) is 0 Å². The molecule has 0 aliphatic carbocycles. The monoisotopic (exact) mass is 614 g/mol. The van der Waals surface area contributed by atoms with E-state index in [-0.39, 0.29) is 36.5 Å². The first-order chi connectivity index (χ1) is 20.0. The van der Waals surface area contributed by atoms with Gasteiger partial charge in [-0.3, -0.25) is 14.2 Å². The van der Waals surface area contributed by atoms with Crippen LogP contribution in [0.4, 0.5) is 19.0 Å². The number of ether oxygens (including phenoxy) is 1. The van der Waals surface area contributed by atoms with Crippen LogP contribution < -0.4 is 16.6 Å². The second-order valence-electron chi connectivity index (χ2n) is 10.4. The number of hydrogen-bond acceptors (Lipinski definition) is 7. The summed E-state index contributed by atoms with van der Waals surface area (Å²) in [5.74, 6) is -0.215. The Kier molecular flexibility index (Phi) is 15.8. The number of carbonyl (C=O) groups excluding carboxylic acids is 1. The molecule has 0 spiro atoms. The molecule has 1 unspecified atom stereocenters. The lowest BCUT2D eigenvalue weighted by molar-refractivity contribution is -0.143. The highest BCUT2D eigenvalue weighted by atomic mass is 32.2. The molecule has 0 bridgehead atoms. The SMILES string of the molecule is CCCCCCCn1c(=O)c(NCCCCc2cccc(SC(C)COC(=O)CC)c2)nn(CCCC(F)(F)F)c1=O. The van der Waals surface area contributed by atoms with Gasteiger partial charge in [0.25, 0.3) is 5.56 Å². The summed E-state index contributed by atoms with van der Waals surface area (Å²) in [6, 6.07) is 8.19. The molecule has 8 nitrogen and oxygen atoms in total. The third kappa shape index (κ3) is 13.5. The van der Waals surface area contributed by atoms with Crippen LogP contribution in [0.25, 0.3) is 0 Å². The molecule has 1 aromatic carbocycles. The topological polar surface area (TPSA) is 95.2 Å². The van der Waals surface area contributed by atoms with Crippen molar-refractivity contribution in [3.63, 3.8) is 0 Å². The van der Waals surface area contributed by atoms with Gasteiger partial charge in [0.05, 0.1) is 0 Å². The number of thioether (sulfide) groups is 1. The van der Waals surface area contributed by atoms with Crippen LogP contribution in [0.1, 0.15) is 90.5 Å². The van der Waals surface area contributed by atoms with Crippen LogP contribution in [-0.2, 0) is 29.0 Å². The maximum atomic E-state index is 13.0. The van der Waals surface area contributed by atoms with Crippen LogP contribution in [0.5, 0.6) is 0 Å². The average Bonchev–Trinajstić information content (AvgIpc) is 2.94. The number of nitrogens with one attached hydrogen (secondary N) is 1. The van der Waals surface area contributed by atoms with Crippen LogP contribution in [0, 0.1) is 0 Å². The van der Waals surface area contributed by atoms with Gasteiger partial charge in [-0.1, -0.05) is 51.7 Å². The Hall–Kier alpha value is -2.76. The molecular weight excluding hydrogens is 569 g/mol. The predicted molar refractivity (Wildman–Crippen MR) is 161 cm³/mol. The van der Waals surface area contributed by atoms with E-state index in [2.05, 4.69) is 29.5 Å². The first kappa shape index (κ1) is 35.4. The molecule has 0 saturated heterocycles. The van der Waals surface area contributed by atoms with Crippen molar-refractivity contribution < 1.29 is 22.7 Å². The van der Waals surface area contributed by atoms with E-state index >= 15 is 0 Å². The number of aryl methyl sites for hydroxylation is 2. The Morgan fingerprint density at radius 3 is 2.52 bits per heavy atom. The molecule has 0 amide bonds. The van der Waals surface area contributed by atoms with E-state index in [0.29, 0.717) is 26.0 Å². The van der Waals surface area contributed by atoms with Crippen LogP contribution in [-0.4, -0.2) is 44.9 Å². The van der Waals surface area contributed by atoms with Crippen molar-refractivity contribution in [3.05, 3.63) is 50.7 Å². The van der Waals surface area contributed by atoms with Gasteiger partial charge in [0.15, 0.2) is 0 Å². The molecule has 0 aliphatic rings. The number of unbranched alkanes of at least 4 members (excludes halogenated alkanes) is 5. The van der Waals surface area contributed by atoms with E-state index < -0.39 is 23.8 Å². The predicted octanol–water partition coefficient (Wildman–Crippen LogP) is 6.59. The summed E-state index contributed by atoms with van der Waals surface area (Å²) in [4.78, 5) is 38.4. The zero-order valence-corrected chi connectivity index (χ0v) is 25.8. The second kappa shape index (κ2) is 18.7. The van der Waals surface area contributed by atoms with Gasteiger partial charge >= 0.3 is 17.8 Å². The Morgan fingerprint density at radius 1 is 1.05 bits per heavy atom. The van der Waals surface area contributed by atoms with Crippen LogP contribution >= 0.6 is 11.8 Å². The van der Waals surface area contributed by atoms with Crippen LogP contribution in [0.15, 0.2) is 38.8 Å². The van der Waals surface area contributed by atoms with Crippen molar-refractivity contribution in [2.45, 2.75) is 121 Å². The first-order valence-corrected chi connectivity index (χ1v) is 15.9. The molecule has 12 heteroatoms. The smallest absolute Gasteiger partial charge is 0.389 e. The quantitative estimate of drug-likeness (QED) is 0.102. The van der Waals surface area contributed by atoms with E-state index in [1.54, 1.807) is 18.7 Å². The van der Waals surface area contributed by atoms with Crippen molar-refractivity contribution in [1.29, 1.82) is 0 Å². The minimum Gasteiger partial charge on any atom is -0.465 e. The third-order valence-corrected chi connectivity index (χ3v) is 7.69. The molecule has 1 N–H and O–H groups in total. The van der Waals surface area contributed by atoms with Crippen molar-refractivity contribution in [2.75, 3.05) is 18.5 Å². The van der Waals surface area contributed by atoms with Gasteiger partial charge in [-0.25, -0.2) is 9.48 Å². The normalized spacial score (nSPS) is 12.3. The zero-order valence-electron chi connectivity index (χ0n) is 25.0. The molecule has 2 aromatic rings. The second-order valence-corrected chi connectivity index (χ2v) is 12.0. The number of rotatable bonds is 20. The van der Waals surface area contributed by atoms with Crippen molar-refractivity contribution in [3.8, 4) is 0 Å². The van der Waals surface area contributed by atoms with E-state index in [0.717, 1.165) is 59.1 Å². The number of carbonyl (C=O) groups is 1. The summed E-state index contributed by atoms with van der Waals surface area (Å²) < 4.78 is 45.3. The molecule has 42 heavy (non-hydrogen) atoms. The molecule has 0 saturated carbocycles. The van der Waals surface area contributed by atoms with Gasteiger partial charge in [-0.05, 0) is 56.7 Å². The fourth-order valence-electron chi connectivity index (χ4n) is 4.33. The summed E-state index contributed by atoms with van der Waals surface area (Å²) in [6.07, 6.45) is 1.75. The van der Waals surface area contributed by atoms with Gasteiger partial charge in [0.1, 0.15) is 6.61 Å². The average molecular weight is 615 g/mol. The lowest BCUT2D eigenvalue weighted by atomic mass is 10.1. The molecule has 2 rings (SSSR count). The Bertz CT molecular complexity index is 1220. The summed E-state index contributed by atoms with van der Waals surface area (Å²) in [5, 5.41) is 7.24. The molecule has 0 radical (unpaired) electrons. The fourth-order valence-corrected chi connectivity index (χ4v) is 5.31. The van der Waals surface area contributed by atoms with Gasteiger partial charge in [-0.2, -0.15) is 13.2 Å². The minimum atomic E-state index is -4.32. The van der Waals surface area contributed by atoms with Gasteiger partial charge < -0.3 is 10.1 Å². The molecule has 0 fully saturated rings. The van der Waals surface area contributed by atoms with E-state index in [9.17, 15) is 27.6 Å². The zero-order chi connectivity index (χ0) is 31.0. The number of anilines is 1. The maximum absolute atomic E-state index is 13.0. The van der Waals surface area contributed by atoms with Gasteiger partial charge in [0.2, 0.25) is 5.82 Å². The highest BCUT2D eigenvalue weighted by molar-refractivity contribution is 8.00. The number of aromatic nitrogens is 3. The number of nitrogens with zero attached hydrogens (tertiary/aromatic N) is 3. The number of alkyl halides is 3. The molecule has 1 atom stereocenters. The van der Waals surface area contributed by atoms with Crippen molar-refractivity contribution in [1.82, 2.24) is 14.3 Å². The van der Waals surface area contributed by atoms with Crippen molar-refractivity contribution in [2.24, 2.45) is 0 Å². The van der Waals surface area contributed by atoms with Gasteiger partial charge in [-0.15, -0.1) is 16.9 Å². The highest BCUT2D eigenvalue weighted by Crippen LogP contribution is 2.25. The number of halogens is 3. The number of esters is 1. The highest BCUT2D eigenvalue weighted by Gasteiger charge is 2.26. The molecule has 236 valence electrons. The number of hydrogen-bond donors (Lipinski definition) is 1. The summed E-state index contributed by atoms with van der Waals surface area (Å²) in [7, 11) is 0. The Morgan fingerprint density at radius 2 is 1.81 bits per heavy atom. The molecule has 1 aromatic heterocycles. The first-order valence-electron chi connectivity index (χ1n) is 15.0. The Labute approximate surface area is 250 Å². The molecular formula is C30H45F3N4O4S. The van der Waals surface area contributed by atoms with E-state index in [1.165, 1.54) is 5.56 Å². The van der Waals surface area contributed by atoms with Crippen LogP contribution in [0.3, 0.4) is 0 Å². The third-order valence-electron chi connectivity index (χ3n) is 6.62. The molecule has 1 heterocycles. The standard InChI is InChI=1S/C30H45F3N4O4S/c1-4-6-7-8-11-19-36-28(39)27(35-37(29(36)40)20-13-17-30(31,32)33)34-18-10-9-14-24-15-12-16-25(21-24)42-23(3)22-41-26(38)5-2/h12,15-16,21,23H,4-11,13-14,17-20,22H2,1-3H3,(H,34,35). The van der Waals surface area contributed by atoms with Gasteiger partial charge in [0, 0.05) is 42.6 Å². The fraction of sp³-hybridized carbons (Fsp3) is 0.667. The van der Waals surface area contributed by atoms with Crippen molar-refractivity contribution >= 4 is 23.5 Å². The summed E-state index contributed by atoms with van der Waals surface area (Å²) in [6.45, 7) is 6.68. The summed E-state index contributed by atoms with van der Waals surface area (Å²) >= 11 is 1.65. The summed E-state index contributed by atoms with van der Waals surface area (Å²) in [5.41, 5.74) is -0.0376. The van der Waals surface area contributed by atoms with E-state index in [1.807, 2.05) is 19.1 Å². The molecule has 0 aliphatic heterocycles. The lowest BCUT2D eigenvalue weighted by Gasteiger charge is -2.14. The number of benzene rings is 1. The van der Waals surface area contributed by atoms with E-state index in [4.69, 9.17) is 4.74 Å². The maximum Gasteiger partial charge on any atom is 0.389 e. The largest absolute Gasteiger partial charge is 0.465 e.